The Hall–Kier alpha value is -3.76. The van der Waals surface area contributed by atoms with Crippen LogP contribution in [0.4, 0.5) is 11.4 Å². The highest BCUT2D eigenvalue weighted by atomic mass is 32.2. The van der Waals surface area contributed by atoms with E-state index in [4.69, 9.17) is 14.6 Å². The summed E-state index contributed by atoms with van der Waals surface area (Å²) < 4.78 is 38.9. The van der Waals surface area contributed by atoms with Crippen LogP contribution in [0.5, 0.6) is 11.5 Å². The first kappa shape index (κ1) is 27.3. The number of benzene rings is 3. The maximum absolute atomic E-state index is 12.8. The summed E-state index contributed by atoms with van der Waals surface area (Å²) in [6.07, 6.45) is 0.360. The van der Waals surface area contributed by atoms with E-state index < -0.39 is 16.0 Å². The van der Waals surface area contributed by atoms with E-state index in [1.165, 1.54) is 17.7 Å². The van der Waals surface area contributed by atoms with Gasteiger partial charge in [0.1, 0.15) is 0 Å². The van der Waals surface area contributed by atoms with Gasteiger partial charge in [-0.25, -0.2) is 8.42 Å². The molecular formula is C28H33N3O6S. The lowest BCUT2D eigenvalue weighted by Crippen LogP contribution is -2.45. The summed E-state index contributed by atoms with van der Waals surface area (Å²) in [6, 6.07) is 19.7. The van der Waals surface area contributed by atoms with Crippen LogP contribution in [0.2, 0.25) is 0 Å². The average Bonchev–Trinajstić information content (AvgIpc) is 2.93. The lowest BCUT2D eigenvalue weighted by atomic mass is 10.1. The van der Waals surface area contributed by atoms with Gasteiger partial charge in [0.05, 0.1) is 19.1 Å². The van der Waals surface area contributed by atoms with Crippen molar-refractivity contribution in [2.45, 2.75) is 24.3 Å². The van der Waals surface area contributed by atoms with Gasteiger partial charge in [0.25, 0.3) is 10.0 Å². The zero-order valence-electron chi connectivity index (χ0n) is 21.6. The molecule has 1 heterocycles. The zero-order valence-corrected chi connectivity index (χ0v) is 22.4. The number of aliphatic carboxylic acids is 1. The van der Waals surface area contributed by atoms with Gasteiger partial charge in [0.2, 0.25) is 0 Å². The predicted molar refractivity (Wildman–Crippen MR) is 147 cm³/mol. The number of carboxylic acid groups (broad SMARTS) is 1. The Balaban J connectivity index is 1.30. The number of nitrogens with zero attached hydrogens (tertiary/aromatic N) is 2. The van der Waals surface area contributed by atoms with Gasteiger partial charge in [-0.05, 0) is 66.1 Å². The van der Waals surface area contributed by atoms with Gasteiger partial charge < -0.3 is 19.5 Å². The fourth-order valence-electron chi connectivity index (χ4n) is 4.44. The number of carbonyl (C=O) groups is 1. The van der Waals surface area contributed by atoms with E-state index >= 15 is 0 Å². The van der Waals surface area contributed by atoms with Gasteiger partial charge in [-0.2, -0.15) is 0 Å². The van der Waals surface area contributed by atoms with Crippen molar-refractivity contribution < 1.29 is 27.8 Å². The Labute approximate surface area is 223 Å². The minimum absolute atomic E-state index is 0.00361. The summed E-state index contributed by atoms with van der Waals surface area (Å²) in [6.45, 7) is 4.38. The van der Waals surface area contributed by atoms with Crippen molar-refractivity contribution in [3.05, 3.63) is 77.9 Å². The fourth-order valence-corrected chi connectivity index (χ4v) is 5.50. The molecule has 38 heavy (non-hydrogen) atoms. The molecule has 9 nitrogen and oxygen atoms in total. The van der Waals surface area contributed by atoms with Crippen molar-refractivity contribution in [3.8, 4) is 11.5 Å². The molecule has 3 aromatic rings. The third-order valence-corrected chi connectivity index (χ3v) is 7.97. The molecule has 0 bridgehead atoms. The number of piperazine rings is 1. The molecule has 4 rings (SSSR count). The van der Waals surface area contributed by atoms with Gasteiger partial charge >= 0.3 is 5.97 Å². The Bertz CT molecular complexity index is 1340. The standard InChI is InChI=1S/C28H33N3O6S/c1-36-26-13-5-22(19-27(26)37-2)20-30-15-17-31(18-16-30)24-9-7-23(8-10-24)29-38(34,35)25-11-3-21(4-12-25)6-14-28(32)33/h3-5,7-13,19,29H,6,14-18,20H2,1-2H3,(H,32,33). The smallest absolute Gasteiger partial charge is 0.303 e. The van der Waals surface area contributed by atoms with Crippen LogP contribution in [0.3, 0.4) is 0 Å². The summed E-state index contributed by atoms with van der Waals surface area (Å²) in [5.74, 6) is 0.563. The first-order valence-corrected chi connectivity index (χ1v) is 13.9. The second kappa shape index (κ2) is 12.2. The number of carboxylic acids is 1. The van der Waals surface area contributed by atoms with Gasteiger partial charge in [-0.15, -0.1) is 0 Å². The number of hydrogen-bond acceptors (Lipinski definition) is 7. The number of nitrogens with one attached hydrogen (secondary N) is 1. The number of anilines is 2. The summed E-state index contributed by atoms with van der Waals surface area (Å²) in [7, 11) is -0.481. The van der Waals surface area contributed by atoms with Crippen LogP contribution in [0.25, 0.3) is 0 Å². The summed E-state index contributed by atoms with van der Waals surface area (Å²) in [5, 5.41) is 8.80. The van der Waals surface area contributed by atoms with Crippen molar-refractivity contribution in [3.63, 3.8) is 0 Å². The molecule has 10 heteroatoms. The maximum Gasteiger partial charge on any atom is 0.303 e. The molecule has 202 valence electrons. The van der Waals surface area contributed by atoms with Crippen molar-refractivity contribution in [1.82, 2.24) is 4.90 Å². The molecule has 3 aromatic carbocycles. The van der Waals surface area contributed by atoms with Gasteiger partial charge in [0.15, 0.2) is 11.5 Å². The largest absolute Gasteiger partial charge is 0.493 e. The zero-order chi connectivity index (χ0) is 27.1. The number of sulfonamides is 1. The second-order valence-corrected chi connectivity index (χ2v) is 10.8. The molecular weight excluding hydrogens is 506 g/mol. The van der Waals surface area contributed by atoms with Crippen LogP contribution in [0.1, 0.15) is 17.5 Å². The van der Waals surface area contributed by atoms with Gasteiger partial charge in [0, 0.05) is 50.5 Å². The normalized spacial score (nSPS) is 14.2. The third-order valence-electron chi connectivity index (χ3n) is 6.57. The molecule has 0 atom stereocenters. The number of hydrogen-bond donors (Lipinski definition) is 2. The molecule has 1 aliphatic rings. The minimum atomic E-state index is -3.75. The van der Waals surface area contributed by atoms with Crippen LogP contribution in [-0.4, -0.2) is 64.8 Å². The average molecular weight is 540 g/mol. The molecule has 1 aliphatic heterocycles. The summed E-state index contributed by atoms with van der Waals surface area (Å²) in [5.41, 5.74) is 3.47. The lowest BCUT2D eigenvalue weighted by molar-refractivity contribution is -0.136. The van der Waals surface area contributed by atoms with E-state index in [1.807, 2.05) is 24.3 Å². The van der Waals surface area contributed by atoms with E-state index in [9.17, 15) is 13.2 Å². The second-order valence-electron chi connectivity index (χ2n) is 9.14. The molecule has 0 unspecified atom stereocenters. The molecule has 2 N–H and O–H groups in total. The van der Waals surface area contributed by atoms with Crippen LogP contribution >= 0.6 is 0 Å². The molecule has 0 spiro atoms. The van der Waals surface area contributed by atoms with Crippen molar-refractivity contribution in [2.24, 2.45) is 0 Å². The van der Waals surface area contributed by atoms with Crippen LogP contribution < -0.4 is 19.1 Å². The molecule has 1 fully saturated rings. The highest BCUT2D eigenvalue weighted by molar-refractivity contribution is 7.92. The van der Waals surface area contributed by atoms with Crippen molar-refractivity contribution in [2.75, 3.05) is 50.0 Å². The van der Waals surface area contributed by atoms with Crippen molar-refractivity contribution in [1.29, 1.82) is 0 Å². The van der Waals surface area contributed by atoms with E-state index in [1.54, 1.807) is 38.5 Å². The highest BCUT2D eigenvalue weighted by Crippen LogP contribution is 2.28. The number of rotatable bonds is 11. The Kier molecular flexibility index (Phi) is 8.75. The first-order valence-electron chi connectivity index (χ1n) is 12.4. The van der Waals surface area contributed by atoms with E-state index in [-0.39, 0.29) is 11.3 Å². The van der Waals surface area contributed by atoms with Crippen LogP contribution in [0, 0.1) is 0 Å². The van der Waals surface area contributed by atoms with Crippen molar-refractivity contribution >= 4 is 27.4 Å². The highest BCUT2D eigenvalue weighted by Gasteiger charge is 2.19. The van der Waals surface area contributed by atoms with Crippen LogP contribution in [-0.2, 0) is 27.8 Å². The fraction of sp³-hybridized carbons (Fsp3) is 0.321. The Morgan fingerprint density at radius 1 is 0.868 bits per heavy atom. The molecule has 1 saturated heterocycles. The third kappa shape index (κ3) is 6.96. The topological polar surface area (TPSA) is 108 Å². The SMILES string of the molecule is COc1ccc(CN2CCN(c3ccc(NS(=O)(=O)c4ccc(CCC(=O)O)cc4)cc3)CC2)cc1OC. The predicted octanol–water partition coefficient (Wildman–Crippen LogP) is 3.84. The van der Waals surface area contributed by atoms with E-state index in [0.29, 0.717) is 12.1 Å². The van der Waals surface area contributed by atoms with Gasteiger partial charge in [-0.1, -0.05) is 18.2 Å². The number of aryl methyl sites for hydroxylation is 1. The molecule has 0 radical (unpaired) electrons. The van der Waals surface area contributed by atoms with Gasteiger partial charge in [-0.3, -0.25) is 14.4 Å². The quantitative estimate of drug-likeness (QED) is 0.378. The first-order chi connectivity index (χ1) is 18.3. The number of methoxy groups -OCH3 is 2. The Morgan fingerprint density at radius 3 is 2.11 bits per heavy atom. The molecule has 0 aromatic heterocycles. The van der Waals surface area contributed by atoms with E-state index in [0.717, 1.165) is 55.5 Å². The van der Waals surface area contributed by atoms with E-state index in [2.05, 4.69) is 20.6 Å². The van der Waals surface area contributed by atoms with Crippen LogP contribution in [0.15, 0.2) is 71.6 Å². The molecule has 0 amide bonds. The summed E-state index contributed by atoms with van der Waals surface area (Å²) >= 11 is 0. The minimum Gasteiger partial charge on any atom is -0.493 e. The maximum atomic E-state index is 12.8. The number of ether oxygens (including phenoxy) is 2. The summed E-state index contributed by atoms with van der Waals surface area (Å²) in [4.78, 5) is 15.5. The molecule has 0 saturated carbocycles. The lowest BCUT2D eigenvalue weighted by Gasteiger charge is -2.36. The Morgan fingerprint density at radius 2 is 1.50 bits per heavy atom. The monoisotopic (exact) mass is 539 g/mol. The molecule has 0 aliphatic carbocycles.